The van der Waals surface area contributed by atoms with E-state index in [4.69, 9.17) is 9.84 Å². The molecule has 0 unspecified atom stereocenters. The Morgan fingerprint density at radius 3 is 2.59 bits per heavy atom. The summed E-state index contributed by atoms with van der Waals surface area (Å²) in [5.41, 5.74) is 0.833. The second-order valence-electron chi connectivity index (χ2n) is 6.09. The maximum Gasteiger partial charge on any atom is 0.257 e. The molecule has 1 fully saturated rings. The van der Waals surface area contributed by atoms with Crippen molar-refractivity contribution in [3.63, 3.8) is 0 Å². The highest BCUT2D eigenvalue weighted by Gasteiger charge is 2.12. The molecule has 2 N–H and O–H groups in total. The lowest BCUT2D eigenvalue weighted by Gasteiger charge is -2.21. The molecule has 0 bridgehead atoms. The zero-order chi connectivity index (χ0) is 15.6. The molecule has 0 spiro atoms. The molecule has 22 heavy (non-hydrogen) atoms. The lowest BCUT2D eigenvalue weighted by Crippen LogP contribution is -2.30. The van der Waals surface area contributed by atoms with Gasteiger partial charge in [-0.2, -0.15) is 0 Å². The summed E-state index contributed by atoms with van der Waals surface area (Å²) in [5, 5.41) is 11.9. The molecule has 1 aromatic rings. The number of aliphatic hydroxyl groups excluding tert-OH is 1. The summed E-state index contributed by atoms with van der Waals surface area (Å²) < 4.78 is 5.42. The van der Waals surface area contributed by atoms with Gasteiger partial charge in [0.1, 0.15) is 5.75 Å². The molecule has 1 aromatic carbocycles. The SMILES string of the molecule is O=C(COc1ccc(CO)cc1)NCCCC1CCCCC1. The van der Waals surface area contributed by atoms with E-state index in [1.807, 2.05) is 0 Å². The van der Waals surface area contributed by atoms with E-state index in [1.165, 1.54) is 38.5 Å². The minimum Gasteiger partial charge on any atom is -0.484 e. The fraction of sp³-hybridized carbons (Fsp3) is 0.611. The summed E-state index contributed by atoms with van der Waals surface area (Å²) in [4.78, 5) is 11.7. The second-order valence-corrected chi connectivity index (χ2v) is 6.09. The first kappa shape index (κ1) is 16.8. The van der Waals surface area contributed by atoms with Crippen LogP contribution < -0.4 is 10.1 Å². The van der Waals surface area contributed by atoms with Gasteiger partial charge < -0.3 is 15.2 Å². The molecule has 0 aromatic heterocycles. The summed E-state index contributed by atoms with van der Waals surface area (Å²) in [5.74, 6) is 1.44. The van der Waals surface area contributed by atoms with E-state index in [1.54, 1.807) is 24.3 Å². The van der Waals surface area contributed by atoms with Crippen LogP contribution in [0.2, 0.25) is 0 Å². The molecule has 0 aliphatic heterocycles. The van der Waals surface area contributed by atoms with Crippen LogP contribution in [-0.4, -0.2) is 24.2 Å². The van der Waals surface area contributed by atoms with Gasteiger partial charge in [-0.05, 0) is 36.5 Å². The van der Waals surface area contributed by atoms with Crippen LogP contribution in [-0.2, 0) is 11.4 Å². The molecule has 1 amide bonds. The topological polar surface area (TPSA) is 58.6 Å². The Balaban J connectivity index is 1.55. The number of carbonyl (C=O) groups excluding carboxylic acids is 1. The fourth-order valence-corrected chi connectivity index (χ4v) is 2.99. The van der Waals surface area contributed by atoms with Gasteiger partial charge in [-0.15, -0.1) is 0 Å². The number of amides is 1. The molecule has 0 saturated heterocycles. The Hall–Kier alpha value is -1.55. The van der Waals surface area contributed by atoms with Gasteiger partial charge in [-0.25, -0.2) is 0 Å². The normalized spacial score (nSPS) is 15.5. The van der Waals surface area contributed by atoms with E-state index in [9.17, 15) is 4.79 Å². The van der Waals surface area contributed by atoms with Gasteiger partial charge >= 0.3 is 0 Å². The van der Waals surface area contributed by atoms with Crippen LogP contribution in [0.25, 0.3) is 0 Å². The summed E-state index contributed by atoms with van der Waals surface area (Å²) in [6.07, 6.45) is 9.15. The number of benzene rings is 1. The molecule has 4 nitrogen and oxygen atoms in total. The van der Waals surface area contributed by atoms with Crippen molar-refractivity contribution in [3.05, 3.63) is 29.8 Å². The zero-order valence-corrected chi connectivity index (χ0v) is 13.2. The van der Waals surface area contributed by atoms with Crippen molar-refractivity contribution in [1.82, 2.24) is 5.32 Å². The minimum absolute atomic E-state index is 0.0156. The maximum absolute atomic E-state index is 11.7. The average molecular weight is 305 g/mol. The van der Waals surface area contributed by atoms with Crippen molar-refractivity contribution in [2.24, 2.45) is 5.92 Å². The molecule has 1 saturated carbocycles. The smallest absolute Gasteiger partial charge is 0.257 e. The number of nitrogens with one attached hydrogen (secondary N) is 1. The van der Waals surface area contributed by atoms with Gasteiger partial charge in [-0.1, -0.05) is 44.2 Å². The Labute approximate surface area is 132 Å². The summed E-state index contributed by atoms with van der Waals surface area (Å²) in [7, 11) is 0. The van der Waals surface area contributed by atoms with Crippen LogP contribution >= 0.6 is 0 Å². The van der Waals surface area contributed by atoms with Crippen LogP contribution in [0.15, 0.2) is 24.3 Å². The third-order valence-electron chi connectivity index (χ3n) is 4.31. The molecule has 4 heteroatoms. The quantitative estimate of drug-likeness (QED) is 0.726. The number of ether oxygens (including phenoxy) is 1. The van der Waals surface area contributed by atoms with Gasteiger partial charge in [0.15, 0.2) is 6.61 Å². The van der Waals surface area contributed by atoms with Crippen LogP contribution in [0.3, 0.4) is 0 Å². The highest BCUT2D eigenvalue weighted by molar-refractivity contribution is 5.77. The van der Waals surface area contributed by atoms with Crippen LogP contribution in [0.4, 0.5) is 0 Å². The second kappa shape index (κ2) is 9.46. The zero-order valence-electron chi connectivity index (χ0n) is 13.2. The van der Waals surface area contributed by atoms with Crippen molar-refractivity contribution < 1.29 is 14.6 Å². The summed E-state index contributed by atoms with van der Waals surface area (Å²) in [6.45, 7) is 0.797. The van der Waals surface area contributed by atoms with E-state index >= 15 is 0 Å². The molecule has 1 aliphatic rings. The van der Waals surface area contributed by atoms with Crippen molar-refractivity contribution in [3.8, 4) is 5.75 Å². The van der Waals surface area contributed by atoms with Crippen LogP contribution in [0.5, 0.6) is 5.75 Å². The van der Waals surface area contributed by atoms with E-state index in [2.05, 4.69) is 5.32 Å². The average Bonchev–Trinajstić information content (AvgIpc) is 2.58. The lowest BCUT2D eigenvalue weighted by molar-refractivity contribution is -0.123. The number of rotatable bonds is 8. The van der Waals surface area contributed by atoms with E-state index in [0.717, 1.165) is 24.4 Å². The predicted octanol–water partition coefficient (Wildman–Crippen LogP) is 3.03. The number of hydrogen-bond acceptors (Lipinski definition) is 3. The van der Waals surface area contributed by atoms with E-state index < -0.39 is 0 Å². The van der Waals surface area contributed by atoms with Crippen molar-refractivity contribution in [2.75, 3.05) is 13.2 Å². The van der Waals surface area contributed by atoms with Gasteiger partial charge in [0.05, 0.1) is 6.61 Å². The lowest BCUT2D eigenvalue weighted by atomic mass is 9.86. The molecule has 0 heterocycles. The monoisotopic (exact) mass is 305 g/mol. The largest absolute Gasteiger partial charge is 0.484 e. The molecular formula is C18H27NO3. The maximum atomic E-state index is 11.7. The molecular weight excluding hydrogens is 278 g/mol. The third kappa shape index (κ3) is 6.06. The standard InChI is InChI=1S/C18H27NO3/c20-13-16-8-10-17(11-9-16)22-14-18(21)19-12-4-7-15-5-2-1-3-6-15/h8-11,15,20H,1-7,12-14H2,(H,19,21). The third-order valence-corrected chi connectivity index (χ3v) is 4.31. The molecule has 0 atom stereocenters. The number of aliphatic hydroxyl groups is 1. The van der Waals surface area contributed by atoms with E-state index in [-0.39, 0.29) is 19.1 Å². The molecule has 122 valence electrons. The Morgan fingerprint density at radius 1 is 1.18 bits per heavy atom. The molecule has 0 radical (unpaired) electrons. The highest BCUT2D eigenvalue weighted by Crippen LogP contribution is 2.26. The summed E-state index contributed by atoms with van der Waals surface area (Å²) >= 11 is 0. The van der Waals surface area contributed by atoms with Crippen molar-refractivity contribution >= 4 is 5.91 Å². The van der Waals surface area contributed by atoms with Crippen LogP contribution in [0.1, 0.15) is 50.5 Å². The van der Waals surface area contributed by atoms with Gasteiger partial charge in [-0.3, -0.25) is 4.79 Å². The number of hydrogen-bond donors (Lipinski definition) is 2. The first-order valence-corrected chi connectivity index (χ1v) is 8.37. The first-order valence-electron chi connectivity index (χ1n) is 8.37. The van der Waals surface area contributed by atoms with Crippen molar-refractivity contribution in [2.45, 2.75) is 51.6 Å². The van der Waals surface area contributed by atoms with Gasteiger partial charge in [0.2, 0.25) is 0 Å². The van der Waals surface area contributed by atoms with Gasteiger partial charge in [0, 0.05) is 6.54 Å². The minimum atomic E-state index is -0.0742. The first-order chi connectivity index (χ1) is 10.8. The number of carbonyl (C=O) groups is 1. The predicted molar refractivity (Wildman–Crippen MR) is 86.7 cm³/mol. The van der Waals surface area contributed by atoms with E-state index in [0.29, 0.717) is 5.75 Å². The molecule has 1 aliphatic carbocycles. The fourth-order valence-electron chi connectivity index (χ4n) is 2.99. The summed E-state index contributed by atoms with van der Waals surface area (Å²) in [6, 6.07) is 7.11. The Morgan fingerprint density at radius 2 is 1.91 bits per heavy atom. The molecule has 2 rings (SSSR count). The Bertz CT molecular complexity index is 438. The Kier molecular flexibility index (Phi) is 7.23. The van der Waals surface area contributed by atoms with Crippen molar-refractivity contribution in [1.29, 1.82) is 0 Å². The van der Waals surface area contributed by atoms with Gasteiger partial charge in [0.25, 0.3) is 5.91 Å². The van der Waals surface area contributed by atoms with Crippen LogP contribution in [0, 0.1) is 5.92 Å². The highest BCUT2D eigenvalue weighted by atomic mass is 16.5.